The van der Waals surface area contributed by atoms with Crippen LogP contribution in [-0.4, -0.2) is 29.2 Å². The van der Waals surface area contributed by atoms with Crippen molar-refractivity contribution in [2.24, 2.45) is 11.0 Å². The Hall–Kier alpha value is -2.01. The van der Waals surface area contributed by atoms with Crippen LogP contribution in [0.1, 0.15) is 6.42 Å². The Labute approximate surface area is 85.7 Å². The molecule has 15 heavy (non-hydrogen) atoms. The largest absolute Gasteiger partial charge is 0.309 e. The van der Waals surface area contributed by atoms with Gasteiger partial charge in [-0.3, -0.25) is 9.89 Å². The molecule has 0 radical (unpaired) electrons. The predicted molar refractivity (Wildman–Crippen MR) is 53.1 cm³/mol. The SMILES string of the molecule is [N-]=[N+]=NCC1CC(=O)N(c2cn[nH]c2)C1. The normalized spacial score (nSPS) is 20.4. The molecule has 1 N–H and O–H groups in total. The summed E-state index contributed by atoms with van der Waals surface area (Å²) in [6, 6.07) is 0. The summed E-state index contributed by atoms with van der Waals surface area (Å²) in [5.41, 5.74) is 8.95. The highest BCUT2D eigenvalue weighted by atomic mass is 16.2. The molecule has 1 atom stereocenters. The van der Waals surface area contributed by atoms with Crippen molar-refractivity contribution in [1.82, 2.24) is 10.2 Å². The van der Waals surface area contributed by atoms with E-state index in [9.17, 15) is 4.79 Å². The molecule has 1 aromatic rings. The highest BCUT2D eigenvalue weighted by Crippen LogP contribution is 2.23. The van der Waals surface area contributed by atoms with E-state index in [1.54, 1.807) is 17.3 Å². The Balaban J connectivity index is 2.05. The molecule has 0 bridgehead atoms. The summed E-state index contributed by atoms with van der Waals surface area (Å²) in [5.74, 6) is 0.165. The van der Waals surface area contributed by atoms with E-state index in [2.05, 4.69) is 20.2 Å². The standard InChI is InChI=1S/C8H10N6O/c9-13-12-2-6-1-8(15)14(5-6)7-3-10-11-4-7/h3-4,6H,1-2,5H2,(H,10,11). The fourth-order valence-electron chi connectivity index (χ4n) is 1.70. The minimum Gasteiger partial charge on any atom is -0.309 e. The Morgan fingerprint density at radius 1 is 1.80 bits per heavy atom. The first kappa shape index (κ1) is 9.54. The summed E-state index contributed by atoms with van der Waals surface area (Å²) in [4.78, 5) is 15.9. The summed E-state index contributed by atoms with van der Waals surface area (Å²) >= 11 is 0. The zero-order chi connectivity index (χ0) is 10.7. The van der Waals surface area contributed by atoms with Gasteiger partial charge in [-0.25, -0.2) is 0 Å². The molecule has 1 aliphatic rings. The number of hydrogen-bond acceptors (Lipinski definition) is 3. The number of aromatic amines is 1. The van der Waals surface area contributed by atoms with Crippen LogP contribution < -0.4 is 4.90 Å². The quantitative estimate of drug-likeness (QED) is 0.454. The Bertz CT molecular complexity index is 393. The first-order valence-electron chi connectivity index (χ1n) is 4.61. The molecule has 78 valence electrons. The first-order chi connectivity index (χ1) is 7.31. The van der Waals surface area contributed by atoms with Crippen molar-refractivity contribution in [2.45, 2.75) is 6.42 Å². The van der Waals surface area contributed by atoms with Crippen LogP contribution >= 0.6 is 0 Å². The lowest BCUT2D eigenvalue weighted by atomic mass is 10.1. The van der Waals surface area contributed by atoms with Gasteiger partial charge in [0, 0.05) is 30.6 Å². The van der Waals surface area contributed by atoms with Gasteiger partial charge in [0.25, 0.3) is 0 Å². The van der Waals surface area contributed by atoms with Gasteiger partial charge in [0.15, 0.2) is 0 Å². The van der Waals surface area contributed by atoms with Gasteiger partial charge >= 0.3 is 0 Å². The molecule has 0 spiro atoms. The number of amides is 1. The van der Waals surface area contributed by atoms with Gasteiger partial charge in [0.2, 0.25) is 5.91 Å². The van der Waals surface area contributed by atoms with Crippen LogP contribution in [0.15, 0.2) is 17.5 Å². The van der Waals surface area contributed by atoms with E-state index >= 15 is 0 Å². The molecule has 7 heteroatoms. The number of carbonyl (C=O) groups excluding carboxylic acids is 1. The zero-order valence-electron chi connectivity index (χ0n) is 8.00. The van der Waals surface area contributed by atoms with E-state index in [1.165, 1.54) is 0 Å². The molecule has 2 rings (SSSR count). The van der Waals surface area contributed by atoms with Crippen molar-refractivity contribution in [2.75, 3.05) is 18.0 Å². The first-order valence-corrected chi connectivity index (χ1v) is 4.61. The fourth-order valence-corrected chi connectivity index (χ4v) is 1.70. The van der Waals surface area contributed by atoms with E-state index in [1.807, 2.05) is 0 Å². The van der Waals surface area contributed by atoms with Gasteiger partial charge in [-0.2, -0.15) is 5.10 Å². The molecule has 1 unspecified atom stereocenters. The van der Waals surface area contributed by atoms with Gasteiger partial charge < -0.3 is 4.90 Å². The zero-order valence-corrected chi connectivity index (χ0v) is 8.00. The van der Waals surface area contributed by atoms with Crippen LogP contribution in [0.3, 0.4) is 0 Å². The van der Waals surface area contributed by atoms with E-state index in [4.69, 9.17) is 5.53 Å². The van der Waals surface area contributed by atoms with Crippen LogP contribution in [0, 0.1) is 5.92 Å². The van der Waals surface area contributed by atoms with Crippen LogP contribution in [0.4, 0.5) is 5.69 Å². The molecule has 1 aromatic heterocycles. The molecule has 7 nitrogen and oxygen atoms in total. The van der Waals surface area contributed by atoms with E-state index in [0.29, 0.717) is 19.5 Å². The average molecular weight is 206 g/mol. The highest BCUT2D eigenvalue weighted by molar-refractivity contribution is 5.95. The van der Waals surface area contributed by atoms with E-state index in [-0.39, 0.29) is 11.8 Å². The topological polar surface area (TPSA) is 97.8 Å². The van der Waals surface area contributed by atoms with Crippen LogP contribution in [0.2, 0.25) is 0 Å². The summed E-state index contributed by atoms with van der Waals surface area (Å²) < 4.78 is 0. The third kappa shape index (κ3) is 1.92. The van der Waals surface area contributed by atoms with Crippen LogP contribution in [-0.2, 0) is 4.79 Å². The van der Waals surface area contributed by atoms with Gasteiger partial charge in [-0.1, -0.05) is 5.11 Å². The lowest BCUT2D eigenvalue weighted by molar-refractivity contribution is -0.117. The minimum absolute atomic E-state index is 0.0505. The molecular weight excluding hydrogens is 196 g/mol. The molecule has 2 heterocycles. The van der Waals surface area contributed by atoms with Crippen molar-refractivity contribution in [1.29, 1.82) is 0 Å². The van der Waals surface area contributed by atoms with Crippen molar-refractivity contribution in [3.05, 3.63) is 22.8 Å². The van der Waals surface area contributed by atoms with Gasteiger partial charge in [-0.15, -0.1) is 0 Å². The summed E-state index contributed by atoms with van der Waals surface area (Å²) in [7, 11) is 0. The average Bonchev–Trinajstić information content (AvgIpc) is 2.83. The second kappa shape index (κ2) is 4.02. The van der Waals surface area contributed by atoms with Crippen molar-refractivity contribution in [3.63, 3.8) is 0 Å². The molecule has 0 saturated carbocycles. The van der Waals surface area contributed by atoms with Crippen molar-refractivity contribution < 1.29 is 4.79 Å². The number of nitrogens with zero attached hydrogens (tertiary/aromatic N) is 5. The smallest absolute Gasteiger partial charge is 0.227 e. The van der Waals surface area contributed by atoms with E-state index in [0.717, 1.165) is 5.69 Å². The molecule has 1 fully saturated rings. The second-order valence-corrected chi connectivity index (χ2v) is 3.44. The fraction of sp³-hybridized carbons (Fsp3) is 0.500. The maximum absolute atomic E-state index is 11.6. The molecule has 0 aromatic carbocycles. The van der Waals surface area contributed by atoms with Crippen molar-refractivity contribution >= 4 is 11.6 Å². The maximum atomic E-state index is 11.6. The third-order valence-corrected chi connectivity index (χ3v) is 2.40. The number of hydrogen-bond donors (Lipinski definition) is 1. The monoisotopic (exact) mass is 206 g/mol. The third-order valence-electron chi connectivity index (χ3n) is 2.40. The Morgan fingerprint density at radius 3 is 3.33 bits per heavy atom. The maximum Gasteiger partial charge on any atom is 0.227 e. The molecular formula is C8H10N6O. The number of anilines is 1. The number of rotatable bonds is 3. The summed E-state index contributed by atoms with van der Waals surface area (Å²) in [6.45, 7) is 0.966. The number of nitrogens with one attached hydrogen (secondary N) is 1. The number of aromatic nitrogens is 2. The minimum atomic E-state index is 0.0505. The molecule has 1 amide bonds. The number of carbonyl (C=O) groups is 1. The van der Waals surface area contributed by atoms with Gasteiger partial charge in [0.1, 0.15) is 0 Å². The van der Waals surface area contributed by atoms with Crippen LogP contribution in [0.25, 0.3) is 10.4 Å². The van der Waals surface area contributed by atoms with Gasteiger partial charge in [0.05, 0.1) is 11.9 Å². The highest BCUT2D eigenvalue weighted by Gasteiger charge is 2.30. The van der Waals surface area contributed by atoms with Crippen LogP contribution in [0.5, 0.6) is 0 Å². The molecule has 1 saturated heterocycles. The van der Waals surface area contributed by atoms with Crippen molar-refractivity contribution in [3.8, 4) is 0 Å². The molecule has 0 aliphatic carbocycles. The lowest BCUT2D eigenvalue weighted by Crippen LogP contribution is -2.24. The number of H-pyrrole nitrogens is 1. The Kier molecular flexibility index (Phi) is 2.55. The van der Waals surface area contributed by atoms with Gasteiger partial charge in [-0.05, 0) is 11.4 Å². The number of azide groups is 1. The predicted octanol–water partition coefficient (Wildman–Crippen LogP) is 1.07. The summed E-state index contributed by atoms with van der Waals surface area (Å²) in [6.07, 6.45) is 3.71. The molecule has 1 aliphatic heterocycles. The summed E-state index contributed by atoms with van der Waals surface area (Å²) in [5, 5.41) is 9.93. The Morgan fingerprint density at radius 2 is 2.67 bits per heavy atom. The van der Waals surface area contributed by atoms with E-state index < -0.39 is 0 Å². The second-order valence-electron chi connectivity index (χ2n) is 3.44. The lowest BCUT2D eigenvalue weighted by Gasteiger charge is -2.12.